The Bertz CT molecular complexity index is 767. The molecule has 4 atom stereocenters. The molecule has 0 aliphatic carbocycles. The summed E-state index contributed by atoms with van der Waals surface area (Å²) in [6, 6.07) is 4.27. The first-order valence-electron chi connectivity index (χ1n) is 7.52. The molecule has 3 heterocycles. The van der Waals surface area contributed by atoms with Crippen LogP contribution < -0.4 is 4.90 Å². The number of ether oxygens (including phenoxy) is 1. The van der Waals surface area contributed by atoms with Crippen LogP contribution in [0.1, 0.15) is 19.4 Å². The molecular weight excluding hydrogens is 323 g/mol. The first kappa shape index (κ1) is 15.4. The van der Waals surface area contributed by atoms with Crippen molar-refractivity contribution >= 4 is 17.5 Å². The fraction of sp³-hybridized carbons (Fsp3) is 0.412. The van der Waals surface area contributed by atoms with Gasteiger partial charge in [0.05, 0.1) is 34.3 Å². The maximum absolute atomic E-state index is 12.9. The fourth-order valence-corrected chi connectivity index (χ4v) is 4.11. The third-order valence-corrected chi connectivity index (χ3v) is 5.16. The highest BCUT2D eigenvalue weighted by Gasteiger charge is 2.70. The first-order valence-corrected chi connectivity index (χ1v) is 7.52. The normalized spacial score (nSPS) is 37.5. The van der Waals surface area contributed by atoms with Crippen LogP contribution in [0.3, 0.4) is 0 Å². The predicted molar refractivity (Wildman–Crippen MR) is 78.0 cm³/mol. The largest absolute Gasteiger partial charge is 0.416 e. The zero-order valence-electron chi connectivity index (χ0n) is 12.9. The van der Waals surface area contributed by atoms with Gasteiger partial charge < -0.3 is 4.74 Å². The van der Waals surface area contributed by atoms with Crippen molar-refractivity contribution < 1.29 is 27.5 Å². The van der Waals surface area contributed by atoms with Crippen molar-refractivity contribution in [2.75, 3.05) is 4.90 Å². The van der Waals surface area contributed by atoms with Gasteiger partial charge in [-0.2, -0.15) is 13.2 Å². The van der Waals surface area contributed by atoms with Crippen LogP contribution in [0, 0.1) is 11.8 Å². The van der Waals surface area contributed by atoms with Crippen LogP contribution in [0.25, 0.3) is 0 Å². The zero-order valence-corrected chi connectivity index (χ0v) is 12.9. The van der Waals surface area contributed by atoms with Crippen LogP contribution in [0.15, 0.2) is 36.4 Å². The van der Waals surface area contributed by atoms with Crippen molar-refractivity contribution in [1.82, 2.24) is 0 Å². The highest BCUT2D eigenvalue weighted by molar-refractivity contribution is 6.23. The molecule has 4 rings (SSSR count). The number of halogens is 3. The van der Waals surface area contributed by atoms with E-state index in [2.05, 4.69) is 0 Å². The van der Waals surface area contributed by atoms with Crippen LogP contribution in [0.5, 0.6) is 0 Å². The first-order chi connectivity index (χ1) is 11.1. The summed E-state index contributed by atoms with van der Waals surface area (Å²) in [5.74, 6) is -2.45. The molecule has 126 valence electrons. The van der Waals surface area contributed by atoms with Gasteiger partial charge in [0.2, 0.25) is 11.8 Å². The Morgan fingerprint density at radius 3 is 2.08 bits per heavy atom. The molecule has 2 amide bonds. The van der Waals surface area contributed by atoms with Gasteiger partial charge in [0.15, 0.2) is 0 Å². The second-order valence-electron chi connectivity index (χ2n) is 6.82. The molecule has 0 radical (unpaired) electrons. The molecule has 2 saturated heterocycles. The summed E-state index contributed by atoms with van der Waals surface area (Å²) in [4.78, 5) is 26.5. The Morgan fingerprint density at radius 2 is 1.58 bits per heavy atom. The number of rotatable bonds is 1. The van der Waals surface area contributed by atoms with Crippen LogP contribution in [-0.2, 0) is 20.5 Å². The van der Waals surface area contributed by atoms with E-state index in [0.29, 0.717) is 0 Å². The average Bonchev–Trinajstić information content (AvgIpc) is 3.03. The summed E-state index contributed by atoms with van der Waals surface area (Å²) in [5.41, 5.74) is -2.75. The number of anilines is 1. The lowest BCUT2D eigenvalue weighted by Crippen LogP contribution is -2.39. The molecule has 1 aromatic rings. The number of nitrogens with zero attached hydrogens (tertiary/aromatic N) is 1. The van der Waals surface area contributed by atoms with Crippen molar-refractivity contribution in [3.05, 3.63) is 42.0 Å². The van der Waals surface area contributed by atoms with Crippen molar-refractivity contribution in [1.29, 1.82) is 0 Å². The monoisotopic (exact) mass is 337 g/mol. The van der Waals surface area contributed by atoms with E-state index in [1.807, 2.05) is 0 Å². The Hall–Kier alpha value is -2.15. The van der Waals surface area contributed by atoms with E-state index < -0.39 is 46.6 Å². The van der Waals surface area contributed by atoms with Crippen molar-refractivity contribution in [3.8, 4) is 0 Å². The van der Waals surface area contributed by atoms with E-state index in [0.717, 1.165) is 17.0 Å². The van der Waals surface area contributed by atoms with Crippen molar-refractivity contribution in [3.63, 3.8) is 0 Å². The summed E-state index contributed by atoms with van der Waals surface area (Å²) < 4.78 is 44.6. The summed E-state index contributed by atoms with van der Waals surface area (Å²) in [5, 5.41) is 0. The molecule has 0 saturated carbocycles. The highest BCUT2D eigenvalue weighted by Crippen LogP contribution is 2.57. The molecular formula is C17H14F3NO3. The number of benzene rings is 1. The van der Waals surface area contributed by atoms with Gasteiger partial charge in [-0.15, -0.1) is 0 Å². The van der Waals surface area contributed by atoms with E-state index in [9.17, 15) is 22.8 Å². The zero-order chi connectivity index (χ0) is 17.5. The number of carbonyl (C=O) groups is 2. The standard InChI is InChI=1S/C17H14F3NO3/c1-15-6-7-16(2,24-15)12-11(15)13(22)21(14(12)23)10-5-3-4-9(8-10)17(18,19)20/h3-8,11-12H,1-2H3/t11-,12-,15+,16+/m1/s1. The lowest BCUT2D eigenvalue weighted by molar-refractivity contribution is -0.138. The van der Waals surface area contributed by atoms with E-state index >= 15 is 0 Å². The number of imide groups is 1. The van der Waals surface area contributed by atoms with E-state index in [1.165, 1.54) is 12.1 Å². The Balaban J connectivity index is 1.78. The average molecular weight is 337 g/mol. The van der Waals surface area contributed by atoms with Gasteiger partial charge in [0.25, 0.3) is 0 Å². The molecule has 7 heteroatoms. The molecule has 0 aromatic heterocycles. The number of amides is 2. The maximum Gasteiger partial charge on any atom is 0.416 e. The molecule has 0 spiro atoms. The number of hydrogen-bond acceptors (Lipinski definition) is 3. The van der Waals surface area contributed by atoms with Gasteiger partial charge in [0.1, 0.15) is 0 Å². The van der Waals surface area contributed by atoms with Crippen LogP contribution >= 0.6 is 0 Å². The Kier molecular flexibility index (Phi) is 2.74. The Labute approximate surface area is 135 Å². The quantitative estimate of drug-likeness (QED) is 0.585. The van der Waals surface area contributed by atoms with Crippen LogP contribution in [-0.4, -0.2) is 23.0 Å². The summed E-state index contributed by atoms with van der Waals surface area (Å²) in [6.07, 6.45) is -1.02. The molecule has 3 aliphatic rings. The molecule has 1 aromatic carbocycles. The SMILES string of the molecule is C[C@@]12C=C[C@](C)(O1)[C@H]1C(=O)N(c3cccc(C(F)(F)F)c3)C(=O)[C@@H]12. The number of hydrogen-bond donors (Lipinski definition) is 0. The third kappa shape index (κ3) is 1.79. The Morgan fingerprint density at radius 1 is 1.04 bits per heavy atom. The molecule has 0 N–H and O–H groups in total. The minimum atomic E-state index is -4.54. The van der Waals surface area contributed by atoms with Gasteiger partial charge >= 0.3 is 6.18 Å². The summed E-state index contributed by atoms with van der Waals surface area (Å²) >= 11 is 0. The van der Waals surface area contributed by atoms with Crippen LogP contribution in [0.2, 0.25) is 0 Å². The topological polar surface area (TPSA) is 46.6 Å². The molecule has 2 fully saturated rings. The smallest absolute Gasteiger partial charge is 0.359 e. The number of fused-ring (bicyclic) bond motifs is 5. The predicted octanol–water partition coefficient (Wildman–Crippen LogP) is 2.93. The van der Waals surface area contributed by atoms with E-state index in [1.54, 1.807) is 26.0 Å². The van der Waals surface area contributed by atoms with Crippen molar-refractivity contribution in [2.45, 2.75) is 31.2 Å². The minimum absolute atomic E-state index is 0.0548. The molecule has 24 heavy (non-hydrogen) atoms. The van der Waals surface area contributed by atoms with Gasteiger partial charge in [-0.1, -0.05) is 18.2 Å². The minimum Gasteiger partial charge on any atom is -0.359 e. The molecule has 3 aliphatic heterocycles. The van der Waals surface area contributed by atoms with Crippen molar-refractivity contribution in [2.24, 2.45) is 11.8 Å². The lowest BCUT2D eigenvalue weighted by Gasteiger charge is -2.25. The lowest BCUT2D eigenvalue weighted by atomic mass is 9.73. The highest BCUT2D eigenvalue weighted by atomic mass is 19.4. The second-order valence-corrected chi connectivity index (χ2v) is 6.82. The van der Waals surface area contributed by atoms with Gasteiger partial charge in [-0.05, 0) is 32.0 Å². The van der Waals surface area contributed by atoms with Crippen LogP contribution in [0.4, 0.5) is 18.9 Å². The second kappa shape index (κ2) is 4.27. The van der Waals surface area contributed by atoms with Gasteiger partial charge in [0, 0.05) is 0 Å². The maximum atomic E-state index is 12.9. The number of carbonyl (C=O) groups excluding carboxylic acids is 2. The molecule has 4 nitrogen and oxygen atoms in total. The van der Waals surface area contributed by atoms with E-state index in [4.69, 9.17) is 4.74 Å². The van der Waals surface area contributed by atoms with Gasteiger partial charge in [-0.3, -0.25) is 9.59 Å². The van der Waals surface area contributed by atoms with Gasteiger partial charge in [-0.25, -0.2) is 4.90 Å². The molecule has 2 bridgehead atoms. The summed E-state index contributed by atoms with van der Waals surface area (Å²) in [6.45, 7) is 3.44. The summed E-state index contributed by atoms with van der Waals surface area (Å²) in [7, 11) is 0. The third-order valence-electron chi connectivity index (χ3n) is 5.16. The number of alkyl halides is 3. The fourth-order valence-electron chi connectivity index (χ4n) is 4.11. The van der Waals surface area contributed by atoms with E-state index in [-0.39, 0.29) is 5.69 Å². The molecule has 0 unspecified atom stereocenters.